The molecule has 6 nitrogen and oxygen atoms in total. The smallest absolute Gasteiger partial charge is 0.251 e. The van der Waals surface area contributed by atoms with Crippen molar-refractivity contribution in [2.24, 2.45) is 5.73 Å². The van der Waals surface area contributed by atoms with Gasteiger partial charge >= 0.3 is 0 Å². The van der Waals surface area contributed by atoms with Crippen LogP contribution < -0.4 is 11.1 Å². The number of carbonyl (C=O) groups excluding carboxylic acids is 1. The molecule has 25 heavy (non-hydrogen) atoms. The second kappa shape index (κ2) is 6.66. The van der Waals surface area contributed by atoms with Crippen molar-refractivity contribution in [3.05, 3.63) is 65.7 Å². The van der Waals surface area contributed by atoms with Crippen LogP contribution >= 0.6 is 0 Å². The number of aromatic nitrogens is 2. The van der Waals surface area contributed by atoms with E-state index >= 15 is 0 Å². The summed E-state index contributed by atoms with van der Waals surface area (Å²) in [5.41, 5.74) is 5.82. The molecule has 1 atom stereocenters. The topological polar surface area (TPSA) is 93.2 Å². The standard InChI is InChI=1S/C18H17N3O2.CH5N/c1-19-17(22)14-3-2-13-9-15(5-4-12(13)8-14)18(23)6-7-21-11-20-10-16(18)21;1-2/h2-5,8-11,23H,6-7H2,1H3,(H,19,22);2H2,1H3. The van der Waals surface area contributed by atoms with Gasteiger partial charge in [0.2, 0.25) is 0 Å². The number of amides is 1. The van der Waals surface area contributed by atoms with Gasteiger partial charge in [0.25, 0.3) is 5.91 Å². The molecule has 1 aliphatic heterocycles. The van der Waals surface area contributed by atoms with E-state index in [0.717, 1.165) is 28.6 Å². The molecule has 1 unspecified atom stereocenters. The molecule has 4 N–H and O–H groups in total. The Hall–Kier alpha value is -2.70. The van der Waals surface area contributed by atoms with Gasteiger partial charge in [-0.25, -0.2) is 4.98 Å². The van der Waals surface area contributed by atoms with Crippen molar-refractivity contribution >= 4 is 16.7 Å². The Kier molecular flexibility index (Phi) is 4.57. The molecule has 4 rings (SSSR count). The quantitative estimate of drug-likeness (QED) is 0.662. The number of imidazole rings is 1. The predicted molar refractivity (Wildman–Crippen MR) is 97.3 cm³/mol. The zero-order valence-electron chi connectivity index (χ0n) is 14.4. The number of nitrogens with one attached hydrogen (secondary N) is 1. The zero-order chi connectivity index (χ0) is 18.0. The van der Waals surface area contributed by atoms with Crippen LogP contribution in [-0.2, 0) is 12.1 Å². The van der Waals surface area contributed by atoms with Gasteiger partial charge < -0.3 is 20.7 Å². The number of aliphatic hydroxyl groups is 1. The summed E-state index contributed by atoms with van der Waals surface area (Å²) in [6.07, 6.45) is 4.13. The maximum Gasteiger partial charge on any atom is 0.251 e. The average Bonchev–Trinajstić information content (AvgIpc) is 3.26. The lowest BCUT2D eigenvalue weighted by atomic mass is 9.88. The number of hydrogen-bond donors (Lipinski definition) is 3. The van der Waals surface area contributed by atoms with Gasteiger partial charge in [-0.1, -0.05) is 18.2 Å². The minimum absolute atomic E-state index is 0.103. The summed E-state index contributed by atoms with van der Waals surface area (Å²) < 4.78 is 1.99. The first-order valence-electron chi connectivity index (χ1n) is 8.19. The van der Waals surface area contributed by atoms with Gasteiger partial charge in [-0.2, -0.15) is 0 Å². The van der Waals surface area contributed by atoms with Crippen LogP contribution in [-0.4, -0.2) is 34.7 Å². The van der Waals surface area contributed by atoms with Crippen molar-refractivity contribution in [1.82, 2.24) is 14.9 Å². The zero-order valence-corrected chi connectivity index (χ0v) is 14.4. The highest BCUT2D eigenvalue weighted by Gasteiger charge is 2.39. The molecule has 1 aliphatic rings. The molecule has 0 aliphatic carbocycles. The summed E-state index contributed by atoms with van der Waals surface area (Å²) in [5, 5.41) is 15.7. The summed E-state index contributed by atoms with van der Waals surface area (Å²) in [6, 6.07) is 11.5. The molecule has 0 radical (unpaired) electrons. The van der Waals surface area contributed by atoms with Crippen molar-refractivity contribution in [2.75, 3.05) is 14.1 Å². The fourth-order valence-electron chi connectivity index (χ4n) is 3.33. The van der Waals surface area contributed by atoms with E-state index in [-0.39, 0.29) is 5.91 Å². The number of benzene rings is 2. The van der Waals surface area contributed by atoms with E-state index < -0.39 is 5.60 Å². The minimum Gasteiger partial charge on any atom is -0.379 e. The number of hydrogen-bond acceptors (Lipinski definition) is 4. The Bertz CT molecular complexity index is 919. The van der Waals surface area contributed by atoms with Gasteiger partial charge in [0, 0.05) is 25.6 Å². The molecule has 130 valence electrons. The third kappa shape index (κ3) is 2.79. The predicted octanol–water partition coefficient (Wildman–Crippen LogP) is 1.61. The normalized spacial score (nSPS) is 18.4. The fraction of sp³-hybridized carbons (Fsp3) is 0.263. The highest BCUT2D eigenvalue weighted by molar-refractivity contribution is 5.98. The summed E-state index contributed by atoms with van der Waals surface area (Å²) >= 11 is 0. The van der Waals surface area contributed by atoms with E-state index in [2.05, 4.69) is 16.0 Å². The van der Waals surface area contributed by atoms with Crippen LogP contribution in [0.15, 0.2) is 48.9 Å². The Labute approximate surface area is 146 Å². The maximum atomic E-state index is 11.7. The summed E-state index contributed by atoms with van der Waals surface area (Å²) in [6.45, 7) is 0.763. The highest BCUT2D eigenvalue weighted by atomic mass is 16.3. The molecule has 2 aromatic carbocycles. The highest BCUT2D eigenvalue weighted by Crippen LogP contribution is 2.39. The molecule has 1 aromatic heterocycles. The molecular weight excluding hydrogens is 316 g/mol. The van der Waals surface area contributed by atoms with E-state index in [9.17, 15) is 9.90 Å². The molecule has 3 aromatic rings. The van der Waals surface area contributed by atoms with Crippen LogP contribution in [0.25, 0.3) is 10.8 Å². The number of fused-ring (bicyclic) bond motifs is 2. The van der Waals surface area contributed by atoms with E-state index in [1.165, 1.54) is 7.05 Å². The molecule has 2 heterocycles. The van der Waals surface area contributed by atoms with E-state index in [1.54, 1.807) is 25.6 Å². The van der Waals surface area contributed by atoms with E-state index in [1.807, 2.05) is 34.9 Å². The van der Waals surface area contributed by atoms with Gasteiger partial charge in [-0.3, -0.25) is 4.79 Å². The van der Waals surface area contributed by atoms with Crippen LogP contribution in [0.5, 0.6) is 0 Å². The van der Waals surface area contributed by atoms with Crippen LogP contribution in [0.1, 0.15) is 28.0 Å². The van der Waals surface area contributed by atoms with Gasteiger partial charge in [0.05, 0.1) is 18.2 Å². The second-order valence-electron chi connectivity index (χ2n) is 5.94. The van der Waals surface area contributed by atoms with E-state index in [0.29, 0.717) is 12.0 Å². The average molecular weight is 338 g/mol. The van der Waals surface area contributed by atoms with Crippen molar-refractivity contribution in [1.29, 1.82) is 0 Å². The lowest BCUT2D eigenvalue weighted by Crippen LogP contribution is -2.23. The van der Waals surface area contributed by atoms with Crippen molar-refractivity contribution in [2.45, 2.75) is 18.6 Å². The maximum absolute atomic E-state index is 11.7. The lowest BCUT2D eigenvalue weighted by molar-refractivity contribution is 0.0826. The number of carbonyl (C=O) groups is 1. The molecule has 0 saturated heterocycles. The van der Waals surface area contributed by atoms with Gasteiger partial charge in [-0.15, -0.1) is 0 Å². The van der Waals surface area contributed by atoms with E-state index in [4.69, 9.17) is 0 Å². The summed E-state index contributed by atoms with van der Waals surface area (Å²) in [4.78, 5) is 15.9. The number of aryl methyl sites for hydroxylation is 1. The largest absolute Gasteiger partial charge is 0.379 e. The summed E-state index contributed by atoms with van der Waals surface area (Å²) in [5.74, 6) is -0.103. The first kappa shape index (κ1) is 17.1. The fourth-order valence-corrected chi connectivity index (χ4v) is 3.33. The van der Waals surface area contributed by atoms with Crippen LogP contribution in [0, 0.1) is 0 Å². The van der Waals surface area contributed by atoms with Crippen LogP contribution in [0.4, 0.5) is 0 Å². The molecular formula is C19H22N4O2. The van der Waals surface area contributed by atoms with Crippen molar-refractivity contribution < 1.29 is 9.90 Å². The summed E-state index contributed by atoms with van der Waals surface area (Å²) in [7, 11) is 3.12. The molecule has 0 fully saturated rings. The number of nitrogens with zero attached hydrogens (tertiary/aromatic N) is 2. The first-order valence-corrected chi connectivity index (χ1v) is 8.19. The minimum atomic E-state index is -0.996. The Balaban J connectivity index is 0.000000880. The van der Waals surface area contributed by atoms with Crippen LogP contribution in [0.2, 0.25) is 0 Å². The molecule has 6 heteroatoms. The Morgan fingerprint density at radius 3 is 2.72 bits per heavy atom. The van der Waals surface area contributed by atoms with Crippen LogP contribution in [0.3, 0.4) is 0 Å². The lowest BCUT2D eigenvalue weighted by Gasteiger charge is -2.23. The Morgan fingerprint density at radius 2 is 1.96 bits per heavy atom. The van der Waals surface area contributed by atoms with Gasteiger partial charge in [0.1, 0.15) is 5.60 Å². The van der Waals surface area contributed by atoms with Gasteiger partial charge in [-0.05, 0) is 41.6 Å². The first-order chi connectivity index (χ1) is 12.1. The van der Waals surface area contributed by atoms with Gasteiger partial charge in [0.15, 0.2) is 0 Å². The SMILES string of the molecule is CN.CNC(=O)c1ccc2cc(C3(O)CCn4cncc43)ccc2c1. The second-order valence-corrected chi connectivity index (χ2v) is 5.94. The monoisotopic (exact) mass is 338 g/mol. The third-order valence-corrected chi connectivity index (χ3v) is 4.66. The molecule has 0 bridgehead atoms. The number of nitrogens with two attached hydrogens (primary N) is 1. The molecule has 1 amide bonds. The molecule has 0 saturated carbocycles. The molecule has 0 spiro atoms. The third-order valence-electron chi connectivity index (χ3n) is 4.66. The Morgan fingerprint density at radius 1 is 1.24 bits per heavy atom. The van der Waals surface area contributed by atoms with Crippen molar-refractivity contribution in [3.63, 3.8) is 0 Å². The van der Waals surface area contributed by atoms with Crippen molar-refractivity contribution in [3.8, 4) is 0 Å². The number of rotatable bonds is 2.